The number of ketones is 1. The summed E-state index contributed by atoms with van der Waals surface area (Å²) in [7, 11) is 0. The molecule has 0 amide bonds. The van der Waals surface area contributed by atoms with Gasteiger partial charge >= 0.3 is 0 Å². The van der Waals surface area contributed by atoms with Crippen LogP contribution in [0.1, 0.15) is 29.8 Å². The second-order valence-corrected chi connectivity index (χ2v) is 6.65. The molecule has 3 aromatic rings. The Morgan fingerprint density at radius 2 is 1.33 bits per heavy atom. The molecule has 5 nitrogen and oxygen atoms in total. The van der Waals surface area contributed by atoms with Crippen LogP contribution in [-0.2, 0) is 0 Å². The third kappa shape index (κ3) is 5.00. The lowest BCUT2D eigenvalue weighted by Crippen LogP contribution is -2.21. The maximum atomic E-state index is 13.0. The molecule has 0 saturated carbocycles. The first-order valence-electron chi connectivity index (χ1n) is 9.99. The molecule has 0 bridgehead atoms. The number of azo groups is 1. The van der Waals surface area contributed by atoms with Crippen molar-refractivity contribution in [1.82, 2.24) is 0 Å². The second-order valence-electron chi connectivity index (χ2n) is 6.65. The first kappa shape index (κ1) is 21.0. The number of allylic oxidation sites excluding steroid dienone is 1. The molecular formula is C25H25N3O2. The molecule has 0 fully saturated rings. The van der Waals surface area contributed by atoms with Gasteiger partial charge < -0.3 is 10.0 Å². The fourth-order valence-electron chi connectivity index (χ4n) is 3.09. The highest BCUT2D eigenvalue weighted by atomic mass is 16.3. The van der Waals surface area contributed by atoms with Crippen LogP contribution in [0.3, 0.4) is 0 Å². The van der Waals surface area contributed by atoms with Gasteiger partial charge in [0.2, 0.25) is 5.78 Å². The molecule has 0 aliphatic rings. The molecule has 5 heteroatoms. The van der Waals surface area contributed by atoms with Crippen LogP contribution in [0.5, 0.6) is 0 Å². The number of carbonyl (C=O) groups excluding carboxylic acids is 1. The van der Waals surface area contributed by atoms with E-state index in [2.05, 4.69) is 29.0 Å². The van der Waals surface area contributed by atoms with E-state index in [4.69, 9.17) is 0 Å². The van der Waals surface area contributed by atoms with Gasteiger partial charge in [-0.25, -0.2) is 0 Å². The fraction of sp³-hybridized carbons (Fsp3) is 0.160. The van der Waals surface area contributed by atoms with Crippen molar-refractivity contribution < 1.29 is 9.90 Å². The van der Waals surface area contributed by atoms with E-state index in [1.54, 1.807) is 48.5 Å². The third-order valence-electron chi connectivity index (χ3n) is 4.77. The summed E-state index contributed by atoms with van der Waals surface area (Å²) in [5.74, 6) is -0.589. The van der Waals surface area contributed by atoms with E-state index in [-0.39, 0.29) is 17.2 Å². The van der Waals surface area contributed by atoms with Gasteiger partial charge in [0.15, 0.2) is 11.5 Å². The Hall–Kier alpha value is -3.73. The lowest BCUT2D eigenvalue weighted by molar-refractivity contribution is 0.103. The van der Waals surface area contributed by atoms with Crippen molar-refractivity contribution in [2.24, 2.45) is 10.2 Å². The maximum absolute atomic E-state index is 13.0. The number of anilines is 1. The summed E-state index contributed by atoms with van der Waals surface area (Å²) in [6, 6.07) is 25.3. The van der Waals surface area contributed by atoms with Crippen molar-refractivity contribution in [2.45, 2.75) is 13.8 Å². The fourth-order valence-corrected chi connectivity index (χ4v) is 3.09. The van der Waals surface area contributed by atoms with E-state index in [0.717, 1.165) is 18.8 Å². The van der Waals surface area contributed by atoms with Crippen LogP contribution in [0.2, 0.25) is 0 Å². The largest absolute Gasteiger partial charge is 0.505 e. The number of benzene rings is 3. The molecule has 0 aliphatic heterocycles. The van der Waals surface area contributed by atoms with Crippen molar-refractivity contribution >= 4 is 22.9 Å². The lowest BCUT2D eigenvalue weighted by Gasteiger charge is -2.20. The van der Waals surface area contributed by atoms with Gasteiger partial charge in [0.1, 0.15) is 0 Å². The SMILES string of the molecule is CCN(CC)c1ccc(N=NC(C(=O)c2ccccc2)=C(O)c2ccccc2)cc1. The van der Waals surface area contributed by atoms with Gasteiger partial charge in [-0.05, 0) is 38.1 Å². The molecule has 1 N–H and O–H groups in total. The van der Waals surface area contributed by atoms with Gasteiger partial charge in [-0.2, -0.15) is 5.11 Å². The molecule has 0 aliphatic carbocycles. The summed E-state index contributed by atoms with van der Waals surface area (Å²) in [5.41, 5.74) is 2.55. The summed E-state index contributed by atoms with van der Waals surface area (Å²) < 4.78 is 0. The number of nitrogens with zero attached hydrogens (tertiary/aromatic N) is 3. The van der Waals surface area contributed by atoms with E-state index in [0.29, 0.717) is 16.8 Å². The Labute approximate surface area is 177 Å². The van der Waals surface area contributed by atoms with Gasteiger partial charge in [-0.3, -0.25) is 4.79 Å². The molecule has 0 unspecified atom stereocenters. The number of rotatable bonds is 8. The molecule has 0 spiro atoms. The first-order chi connectivity index (χ1) is 14.6. The van der Waals surface area contributed by atoms with Crippen LogP contribution in [0, 0.1) is 0 Å². The van der Waals surface area contributed by atoms with Crippen LogP contribution in [-0.4, -0.2) is 24.0 Å². The molecule has 152 valence electrons. The van der Waals surface area contributed by atoms with E-state index in [9.17, 15) is 9.90 Å². The molecule has 0 aromatic heterocycles. The number of carbonyl (C=O) groups is 1. The molecule has 3 aromatic carbocycles. The summed E-state index contributed by atoms with van der Waals surface area (Å²) in [6.07, 6.45) is 0. The Morgan fingerprint density at radius 1 is 0.800 bits per heavy atom. The van der Waals surface area contributed by atoms with Gasteiger partial charge in [0, 0.05) is 29.9 Å². The second kappa shape index (κ2) is 10.2. The standard InChI is InChI=1S/C25H25N3O2/c1-3-28(4-2)22-17-15-21(16-18-22)26-27-23(24(29)19-11-7-5-8-12-19)25(30)20-13-9-6-10-14-20/h5-18,29H,3-4H2,1-2H3. The Bertz CT molecular complexity index is 1020. The molecule has 30 heavy (non-hydrogen) atoms. The molecule has 0 heterocycles. The van der Waals surface area contributed by atoms with E-state index < -0.39 is 0 Å². The summed E-state index contributed by atoms with van der Waals surface area (Å²) in [4.78, 5) is 15.3. The zero-order chi connectivity index (χ0) is 21.3. The van der Waals surface area contributed by atoms with Crippen molar-refractivity contribution in [3.63, 3.8) is 0 Å². The predicted octanol–water partition coefficient (Wildman–Crippen LogP) is 6.43. The maximum Gasteiger partial charge on any atom is 0.217 e. The lowest BCUT2D eigenvalue weighted by atomic mass is 10.1. The molecule has 0 radical (unpaired) electrons. The highest BCUT2D eigenvalue weighted by Gasteiger charge is 2.18. The van der Waals surface area contributed by atoms with Gasteiger partial charge in [0.25, 0.3) is 0 Å². The van der Waals surface area contributed by atoms with Gasteiger partial charge in [-0.1, -0.05) is 60.7 Å². The van der Waals surface area contributed by atoms with Crippen LogP contribution < -0.4 is 4.90 Å². The summed E-state index contributed by atoms with van der Waals surface area (Å²) >= 11 is 0. The number of aliphatic hydroxyl groups is 1. The third-order valence-corrected chi connectivity index (χ3v) is 4.77. The van der Waals surface area contributed by atoms with Crippen molar-refractivity contribution in [3.05, 3.63) is 102 Å². The molecule has 0 saturated heterocycles. The number of aliphatic hydroxyl groups excluding tert-OH is 1. The first-order valence-corrected chi connectivity index (χ1v) is 9.99. The predicted molar refractivity (Wildman–Crippen MR) is 121 cm³/mol. The quantitative estimate of drug-likeness (QED) is 0.205. The molecular weight excluding hydrogens is 374 g/mol. The van der Waals surface area contributed by atoms with E-state index in [1.165, 1.54) is 0 Å². The minimum atomic E-state index is -0.388. The number of hydrogen-bond donors (Lipinski definition) is 1. The number of Topliss-reactive ketones (excluding diaryl/α,β-unsaturated/α-hetero) is 1. The zero-order valence-corrected chi connectivity index (χ0v) is 17.2. The zero-order valence-electron chi connectivity index (χ0n) is 17.2. The topological polar surface area (TPSA) is 65.3 Å². The Balaban J connectivity index is 1.96. The summed E-state index contributed by atoms with van der Waals surface area (Å²) in [5, 5.41) is 19.1. The van der Waals surface area contributed by atoms with E-state index >= 15 is 0 Å². The van der Waals surface area contributed by atoms with Gasteiger partial charge in [-0.15, -0.1) is 5.11 Å². The van der Waals surface area contributed by atoms with Crippen LogP contribution >= 0.6 is 0 Å². The van der Waals surface area contributed by atoms with Crippen molar-refractivity contribution in [2.75, 3.05) is 18.0 Å². The Morgan fingerprint density at radius 3 is 1.87 bits per heavy atom. The van der Waals surface area contributed by atoms with E-state index in [1.807, 2.05) is 36.4 Å². The highest BCUT2D eigenvalue weighted by Crippen LogP contribution is 2.24. The minimum absolute atomic E-state index is 0.0970. The average molecular weight is 399 g/mol. The van der Waals surface area contributed by atoms with Crippen molar-refractivity contribution in [3.8, 4) is 0 Å². The normalized spacial score (nSPS) is 11.9. The summed E-state index contributed by atoms with van der Waals surface area (Å²) in [6.45, 7) is 6.05. The Kier molecular flexibility index (Phi) is 7.11. The van der Waals surface area contributed by atoms with Crippen LogP contribution in [0.4, 0.5) is 11.4 Å². The van der Waals surface area contributed by atoms with Crippen molar-refractivity contribution in [1.29, 1.82) is 0 Å². The molecule has 0 atom stereocenters. The molecule has 3 rings (SSSR count). The van der Waals surface area contributed by atoms with Gasteiger partial charge in [0.05, 0.1) is 5.69 Å². The van der Waals surface area contributed by atoms with Crippen LogP contribution in [0.15, 0.2) is 101 Å². The average Bonchev–Trinajstić information content (AvgIpc) is 2.81. The van der Waals surface area contributed by atoms with Crippen LogP contribution in [0.25, 0.3) is 5.76 Å². The monoisotopic (exact) mass is 399 g/mol. The smallest absolute Gasteiger partial charge is 0.217 e. The minimum Gasteiger partial charge on any atom is -0.505 e. The number of hydrogen-bond acceptors (Lipinski definition) is 5. The highest BCUT2D eigenvalue weighted by molar-refractivity contribution is 6.12.